The van der Waals surface area contributed by atoms with Crippen LogP contribution < -0.4 is 0 Å². The van der Waals surface area contributed by atoms with E-state index in [2.05, 4.69) is 0 Å². The maximum absolute atomic E-state index is 9.93. The Hall–Kier alpha value is 0.310. The smallest absolute Gasteiger partial charge is 0.268 e. The van der Waals surface area contributed by atoms with Gasteiger partial charge in [0.25, 0.3) is 4.57 Å². The van der Waals surface area contributed by atoms with E-state index >= 15 is 0 Å². The first-order valence-corrected chi connectivity index (χ1v) is 3.46. The summed E-state index contributed by atoms with van der Waals surface area (Å²) < 4.78 is -0.304. The summed E-state index contributed by atoms with van der Waals surface area (Å²) >= 11 is 6.14. The van der Waals surface area contributed by atoms with E-state index < -0.39 is 0 Å². The van der Waals surface area contributed by atoms with E-state index in [9.17, 15) is 4.79 Å². The number of hydrogen-bond donors (Lipinski definition) is 0. The Morgan fingerprint density at radius 1 is 1.86 bits per heavy atom. The van der Waals surface area contributed by atoms with Crippen LogP contribution in [-0.2, 0) is 0 Å². The zero-order valence-electron chi connectivity index (χ0n) is 4.11. The molecule has 1 nitrogen and oxygen atoms in total. The van der Waals surface area contributed by atoms with Crippen molar-refractivity contribution in [2.75, 3.05) is 5.75 Å². The SMILES string of the molecule is CCCSC(=O)Cl. The van der Waals surface area contributed by atoms with Gasteiger partial charge in [-0.3, -0.25) is 4.79 Å². The summed E-state index contributed by atoms with van der Waals surface area (Å²) in [4.78, 5) is 9.93. The fourth-order valence-corrected chi connectivity index (χ4v) is 0.778. The second kappa shape index (κ2) is 4.47. The van der Waals surface area contributed by atoms with Gasteiger partial charge in [0.1, 0.15) is 0 Å². The normalized spacial score (nSPS) is 8.86. The van der Waals surface area contributed by atoms with Crippen molar-refractivity contribution in [1.29, 1.82) is 0 Å². The molecule has 42 valence electrons. The molecule has 0 aliphatic rings. The molecule has 0 saturated carbocycles. The molecular weight excluding hydrogens is 132 g/mol. The Morgan fingerprint density at radius 2 is 2.43 bits per heavy atom. The molecule has 0 unspecified atom stereocenters. The molecule has 3 heteroatoms. The van der Waals surface area contributed by atoms with Gasteiger partial charge in [0.15, 0.2) is 0 Å². The molecule has 0 saturated heterocycles. The van der Waals surface area contributed by atoms with Crippen LogP contribution in [0.5, 0.6) is 0 Å². The van der Waals surface area contributed by atoms with Crippen molar-refractivity contribution in [2.24, 2.45) is 0 Å². The number of carbonyl (C=O) groups excluding carboxylic acids is 1. The average Bonchev–Trinajstić information content (AvgIpc) is 1.61. The summed E-state index contributed by atoms with van der Waals surface area (Å²) in [6.45, 7) is 2.01. The highest BCUT2D eigenvalue weighted by atomic mass is 35.5. The van der Waals surface area contributed by atoms with E-state index in [1.165, 1.54) is 0 Å². The highest BCUT2D eigenvalue weighted by Crippen LogP contribution is 2.07. The highest BCUT2D eigenvalue weighted by molar-refractivity contribution is 8.16. The molecule has 0 spiro atoms. The Bertz CT molecular complexity index is 64.7. The van der Waals surface area contributed by atoms with E-state index in [-0.39, 0.29) is 4.57 Å². The van der Waals surface area contributed by atoms with Crippen LogP contribution in [0.25, 0.3) is 0 Å². The van der Waals surface area contributed by atoms with Crippen molar-refractivity contribution < 1.29 is 4.79 Å². The van der Waals surface area contributed by atoms with E-state index in [1.807, 2.05) is 6.92 Å². The monoisotopic (exact) mass is 138 g/mol. The topological polar surface area (TPSA) is 17.1 Å². The zero-order valence-corrected chi connectivity index (χ0v) is 5.68. The number of carbonyl (C=O) groups is 1. The number of hydrogen-bond acceptors (Lipinski definition) is 2. The second-order valence-electron chi connectivity index (χ2n) is 1.09. The molecule has 0 N–H and O–H groups in total. The predicted octanol–water partition coefficient (Wildman–Crippen LogP) is 2.49. The van der Waals surface area contributed by atoms with E-state index in [0.717, 1.165) is 23.9 Å². The summed E-state index contributed by atoms with van der Waals surface area (Å²) in [5.74, 6) is 0.836. The fraction of sp³-hybridized carbons (Fsp3) is 0.750. The second-order valence-corrected chi connectivity index (χ2v) is 2.72. The van der Waals surface area contributed by atoms with E-state index in [0.29, 0.717) is 0 Å². The van der Waals surface area contributed by atoms with Crippen LogP contribution in [0.4, 0.5) is 4.79 Å². The molecule has 0 heterocycles. The van der Waals surface area contributed by atoms with Gasteiger partial charge in [0.05, 0.1) is 0 Å². The zero-order chi connectivity index (χ0) is 5.70. The van der Waals surface area contributed by atoms with Crippen LogP contribution >= 0.6 is 23.4 Å². The molecule has 0 bridgehead atoms. The molecule has 0 aromatic rings. The molecule has 0 fully saturated rings. The Morgan fingerprint density at radius 3 is 2.57 bits per heavy atom. The van der Waals surface area contributed by atoms with Gasteiger partial charge in [0, 0.05) is 5.75 Å². The maximum Gasteiger partial charge on any atom is 0.279 e. The third kappa shape index (κ3) is 6.31. The van der Waals surface area contributed by atoms with Crippen molar-refractivity contribution in [3.8, 4) is 0 Å². The lowest BCUT2D eigenvalue weighted by atomic mass is 10.6. The summed E-state index contributed by atoms with van der Waals surface area (Å²) in [5, 5.41) is 0. The lowest BCUT2D eigenvalue weighted by Gasteiger charge is -1.84. The summed E-state index contributed by atoms with van der Waals surface area (Å²) in [6, 6.07) is 0. The van der Waals surface area contributed by atoms with Crippen molar-refractivity contribution in [3.05, 3.63) is 0 Å². The fourth-order valence-electron chi connectivity index (χ4n) is 0.182. The Labute approximate surface area is 52.4 Å². The molecule has 0 aliphatic heterocycles. The van der Waals surface area contributed by atoms with Crippen LogP contribution in [-0.4, -0.2) is 10.3 Å². The van der Waals surface area contributed by atoms with Gasteiger partial charge in [-0.2, -0.15) is 0 Å². The molecule has 7 heavy (non-hydrogen) atoms. The first-order valence-electron chi connectivity index (χ1n) is 2.09. The van der Waals surface area contributed by atoms with Crippen molar-refractivity contribution in [2.45, 2.75) is 13.3 Å². The van der Waals surface area contributed by atoms with Gasteiger partial charge in [-0.1, -0.05) is 18.7 Å². The first kappa shape index (κ1) is 7.31. The summed E-state index contributed by atoms with van der Waals surface area (Å²) in [5.41, 5.74) is 0. The van der Waals surface area contributed by atoms with Gasteiger partial charge in [-0.25, -0.2) is 0 Å². The van der Waals surface area contributed by atoms with Gasteiger partial charge in [-0.15, -0.1) is 0 Å². The minimum Gasteiger partial charge on any atom is -0.268 e. The third-order valence-corrected chi connectivity index (χ3v) is 1.59. The minimum atomic E-state index is -0.304. The van der Waals surface area contributed by atoms with Crippen LogP contribution in [0, 0.1) is 0 Å². The predicted molar refractivity (Wildman–Crippen MR) is 34.0 cm³/mol. The summed E-state index contributed by atoms with van der Waals surface area (Å²) in [6.07, 6.45) is 1.00. The van der Waals surface area contributed by atoms with Gasteiger partial charge in [-0.05, 0) is 18.0 Å². The maximum atomic E-state index is 9.93. The largest absolute Gasteiger partial charge is 0.279 e. The molecule has 0 amide bonds. The van der Waals surface area contributed by atoms with Gasteiger partial charge in [0.2, 0.25) is 0 Å². The summed E-state index contributed by atoms with van der Waals surface area (Å²) in [7, 11) is 0. The van der Waals surface area contributed by atoms with Crippen molar-refractivity contribution in [3.63, 3.8) is 0 Å². The molecule has 0 rings (SSSR count). The van der Waals surface area contributed by atoms with Gasteiger partial charge < -0.3 is 0 Å². The molecule has 0 atom stereocenters. The van der Waals surface area contributed by atoms with Crippen LogP contribution in [0.3, 0.4) is 0 Å². The lowest BCUT2D eigenvalue weighted by Crippen LogP contribution is -1.75. The molecule has 0 aliphatic carbocycles. The molecule has 0 radical (unpaired) electrons. The van der Waals surface area contributed by atoms with Crippen LogP contribution in [0.15, 0.2) is 0 Å². The Kier molecular flexibility index (Phi) is 4.67. The molecular formula is C4H7ClOS. The lowest BCUT2D eigenvalue weighted by molar-refractivity contribution is 0.276. The average molecular weight is 139 g/mol. The van der Waals surface area contributed by atoms with Crippen molar-refractivity contribution in [1.82, 2.24) is 0 Å². The van der Waals surface area contributed by atoms with Gasteiger partial charge >= 0.3 is 0 Å². The Balaban J connectivity index is 2.82. The minimum absolute atomic E-state index is 0.304. The third-order valence-electron chi connectivity index (χ3n) is 0.420. The van der Waals surface area contributed by atoms with Crippen LogP contribution in [0.2, 0.25) is 0 Å². The van der Waals surface area contributed by atoms with E-state index in [4.69, 9.17) is 11.6 Å². The number of rotatable bonds is 2. The first-order chi connectivity index (χ1) is 3.27. The number of thioether (sulfide) groups is 1. The number of halogens is 1. The van der Waals surface area contributed by atoms with E-state index in [1.54, 1.807) is 0 Å². The van der Waals surface area contributed by atoms with Crippen LogP contribution in [0.1, 0.15) is 13.3 Å². The highest BCUT2D eigenvalue weighted by Gasteiger charge is 1.90. The molecule has 0 aromatic heterocycles. The van der Waals surface area contributed by atoms with Crippen molar-refractivity contribution >= 4 is 27.9 Å². The molecule has 0 aromatic carbocycles. The quantitative estimate of drug-likeness (QED) is 0.546. The standard InChI is InChI=1S/C4H7ClOS/c1-2-3-7-4(5)6/h2-3H2,1H3.